The quantitative estimate of drug-likeness (QED) is 0.337. The largest absolute Gasteiger partial charge is 0.481 e. The van der Waals surface area contributed by atoms with E-state index in [1.807, 2.05) is 0 Å². The maximum absolute atomic E-state index is 12.4. The number of H-pyrrole nitrogens is 1. The van der Waals surface area contributed by atoms with Gasteiger partial charge in [0.15, 0.2) is 5.69 Å². The van der Waals surface area contributed by atoms with E-state index in [0.29, 0.717) is 22.7 Å². The monoisotopic (exact) mass is 382 g/mol. The topological polar surface area (TPSA) is 146 Å². The van der Waals surface area contributed by atoms with Crippen LogP contribution in [-0.4, -0.2) is 48.8 Å². The molecule has 0 spiro atoms. The first-order valence-corrected chi connectivity index (χ1v) is 8.38. The molecule has 1 aliphatic carbocycles. The molecule has 0 atom stereocenters. The van der Waals surface area contributed by atoms with E-state index in [1.54, 1.807) is 24.3 Å². The minimum absolute atomic E-state index is 0.0426. The summed E-state index contributed by atoms with van der Waals surface area (Å²) in [6.45, 7) is 0.101. The van der Waals surface area contributed by atoms with Crippen molar-refractivity contribution in [1.29, 1.82) is 0 Å². The number of nitrogens with zero attached hydrogens (tertiary/aromatic N) is 3. The molecule has 142 valence electrons. The van der Waals surface area contributed by atoms with Crippen LogP contribution in [0.15, 0.2) is 40.4 Å². The predicted molar refractivity (Wildman–Crippen MR) is 96.7 cm³/mol. The lowest BCUT2D eigenvalue weighted by atomic mass is 10.1. The summed E-state index contributed by atoms with van der Waals surface area (Å²) < 4.78 is 1.39. The number of nitrogens with one attached hydrogen (secondary N) is 1. The van der Waals surface area contributed by atoms with Crippen LogP contribution in [0.1, 0.15) is 34.6 Å². The molecule has 0 aliphatic heterocycles. The molecule has 2 heterocycles. The maximum atomic E-state index is 12.4. The van der Waals surface area contributed by atoms with E-state index in [-0.39, 0.29) is 30.8 Å². The third-order valence-corrected chi connectivity index (χ3v) is 4.30. The number of benzene rings is 1. The molecule has 0 saturated carbocycles. The minimum Gasteiger partial charge on any atom is -0.481 e. The number of rotatable bonds is 6. The average Bonchev–Trinajstić information content (AvgIpc) is 3.22. The molecule has 1 aliphatic rings. The van der Waals surface area contributed by atoms with Gasteiger partial charge in [0.05, 0.1) is 5.69 Å². The van der Waals surface area contributed by atoms with Gasteiger partial charge in [-0.2, -0.15) is 0 Å². The van der Waals surface area contributed by atoms with Gasteiger partial charge in [-0.25, -0.2) is 9.78 Å². The molecule has 1 aromatic carbocycles. The predicted octanol–water partition coefficient (Wildman–Crippen LogP) is 1.33. The van der Waals surface area contributed by atoms with Crippen LogP contribution in [0.25, 0.3) is 16.9 Å². The number of fused-ring (bicyclic) bond motifs is 5. The summed E-state index contributed by atoms with van der Waals surface area (Å²) in [5, 5.41) is 22.1. The molecule has 0 bridgehead atoms. The molecule has 10 nitrogen and oxygen atoms in total. The van der Waals surface area contributed by atoms with Crippen LogP contribution in [0.5, 0.6) is 0 Å². The van der Waals surface area contributed by atoms with Crippen molar-refractivity contribution in [3.05, 3.63) is 57.8 Å². The highest BCUT2D eigenvalue weighted by Crippen LogP contribution is 2.35. The van der Waals surface area contributed by atoms with Crippen molar-refractivity contribution in [2.24, 2.45) is 5.16 Å². The lowest BCUT2D eigenvalue weighted by Gasteiger charge is -2.05. The summed E-state index contributed by atoms with van der Waals surface area (Å²) in [6.07, 6.45) is 1.51. The van der Waals surface area contributed by atoms with Crippen molar-refractivity contribution in [2.75, 3.05) is 6.61 Å². The number of aliphatic carboxylic acids is 1. The summed E-state index contributed by atoms with van der Waals surface area (Å²) in [7, 11) is 0. The molecule has 0 saturated heterocycles. The first-order valence-electron chi connectivity index (χ1n) is 8.38. The highest BCUT2D eigenvalue weighted by Gasteiger charge is 2.30. The maximum Gasteiger partial charge on any atom is 0.356 e. The Morgan fingerprint density at radius 3 is 2.68 bits per heavy atom. The second-order valence-corrected chi connectivity index (χ2v) is 6.12. The molecule has 3 N–H and O–H groups in total. The van der Waals surface area contributed by atoms with Gasteiger partial charge < -0.3 is 20.0 Å². The number of aromatic amines is 1. The Morgan fingerprint density at radius 2 is 1.96 bits per heavy atom. The lowest BCUT2D eigenvalue weighted by molar-refractivity contribution is -0.137. The smallest absolute Gasteiger partial charge is 0.356 e. The molecule has 28 heavy (non-hydrogen) atoms. The lowest BCUT2D eigenvalue weighted by Crippen LogP contribution is -2.16. The molecular formula is C18H14N4O6. The van der Waals surface area contributed by atoms with E-state index in [0.717, 1.165) is 5.56 Å². The van der Waals surface area contributed by atoms with Crippen LogP contribution in [-0.2, 0) is 9.63 Å². The zero-order valence-electron chi connectivity index (χ0n) is 14.4. The van der Waals surface area contributed by atoms with Gasteiger partial charge in [-0.1, -0.05) is 29.4 Å². The molecule has 4 rings (SSSR count). The van der Waals surface area contributed by atoms with E-state index >= 15 is 0 Å². The number of hydrogen-bond donors (Lipinski definition) is 3. The van der Waals surface area contributed by atoms with E-state index < -0.39 is 17.5 Å². The zero-order chi connectivity index (χ0) is 19.8. The average molecular weight is 382 g/mol. The number of imidazole rings is 1. The van der Waals surface area contributed by atoms with Crippen LogP contribution in [0.4, 0.5) is 0 Å². The standard InChI is InChI=1S/C18H14N4O6/c23-12(24)6-3-7-28-21-14-10-5-2-1-4-9(10)13-15(14)22-8-11(18(26)27)19-16(22)17(25)20-13/h1-2,4-5,8H,3,6-7H2,(H,20,25)(H,23,24)(H,26,27)/b21-14+. The number of aromatic nitrogens is 3. The van der Waals surface area contributed by atoms with Gasteiger partial charge in [0.2, 0.25) is 5.65 Å². The van der Waals surface area contributed by atoms with Gasteiger partial charge in [0, 0.05) is 23.7 Å². The first-order chi connectivity index (χ1) is 13.5. The fourth-order valence-electron chi connectivity index (χ4n) is 3.12. The summed E-state index contributed by atoms with van der Waals surface area (Å²) >= 11 is 0. The highest BCUT2D eigenvalue weighted by molar-refractivity contribution is 6.23. The molecule has 0 amide bonds. The van der Waals surface area contributed by atoms with Crippen LogP contribution < -0.4 is 5.56 Å². The van der Waals surface area contributed by atoms with E-state index in [1.165, 1.54) is 10.6 Å². The molecule has 0 fully saturated rings. The summed E-state index contributed by atoms with van der Waals surface area (Å²) in [5.41, 5.74) is 1.89. The van der Waals surface area contributed by atoms with E-state index in [9.17, 15) is 19.5 Å². The van der Waals surface area contributed by atoms with Crippen LogP contribution >= 0.6 is 0 Å². The van der Waals surface area contributed by atoms with Gasteiger partial charge in [-0.15, -0.1) is 0 Å². The first kappa shape index (κ1) is 17.5. The fraction of sp³-hybridized carbons (Fsp3) is 0.167. The van der Waals surface area contributed by atoms with Gasteiger partial charge in [0.1, 0.15) is 18.0 Å². The number of oxime groups is 1. The second kappa shape index (κ2) is 6.65. The van der Waals surface area contributed by atoms with E-state index in [4.69, 9.17) is 9.94 Å². The third-order valence-electron chi connectivity index (χ3n) is 4.30. The summed E-state index contributed by atoms with van der Waals surface area (Å²) in [4.78, 5) is 46.2. The van der Waals surface area contributed by atoms with E-state index in [2.05, 4.69) is 15.1 Å². The van der Waals surface area contributed by atoms with Crippen LogP contribution in [0.2, 0.25) is 0 Å². The Balaban J connectivity index is 1.85. The Kier molecular flexibility index (Phi) is 4.15. The van der Waals surface area contributed by atoms with Crippen molar-refractivity contribution in [2.45, 2.75) is 12.8 Å². The van der Waals surface area contributed by atoms with Crippen molar-refractivity contribution in [3.8, 4) is 11.3 Å². The molecule has 0 radical (unpaired) electrons. The van der Waals surface area contributed by atoms with Crippen LogP contribution in [0, 0.1) is 0 Å². The van der Waals surface area contributed by atoms with Gasteiger partial charge in [-0.05, 0) is 6.42 Å². The van der Waals surface area contributed by atoms with Gasteiger partial charge in [0.25, 0.3) is 5.56 Å². The number of aromatic carboxylic acids is 1. The molecule has 2 aromatic heterocycles. The number of carboxylic acid groups (broad SMARTS) is 2. The van der Waals surface area contributed by atoms with Gasteiger partial charge in [-0.3, -0.25) is 14.0 Å². The van der Waals surface area contributed by atoms with Crippen LogP contribution in [0.3, 0.4) is 0 Å². The third kappa shape index (κ3) is 2.80. The van der Waals surface area contributed by atoms with Crippen molar-refractivity contribution < 1.29 is 24.6 Å². The highest BCUT2D eigenvalue weighted by atomic mass is 16.6. The molecule has 10 heteroatoms. The number of carboxylic acids is 2. The normalized spacial score (nSPS) is 13.5. The molecular weight excluding hydrogens is 368 g/mol. The summed E-state index contributed by atoms with van der Waals surface area (Å²) in [6, 6.07) is 7.21. The Morgan fingerprint density at radius 1 is 1.21 bits per heavy atom. The van der Waals surface area contributed by atoms with Crippen molar-refractivity contribution >= 4 is 23.3 Å². The second-order valence-electron chi connectivity index (χ2n) is 6.12. The van der Waals surface area contributed by atoms with Crippen molar-refractivity contribution in [3.63, 3.8) is 0 Å². The fourth-order valence-corrected chi connectivity index (χ4v) is 3.12. The Bertz CT molecular complexity index is 1210. The van der Waals surface area contributed by atoms with Crippen molar-refractivity contribution in [1.82, 2.24) is 14.4 Å². The Hall–Kier alpha value is -3.95. The molecule has 3 aromatic rings. The zero-order valence-corrected chi connectivity index (χ0v) is 14.4. The SMILES string of the molecule is O=C(O)CCCO/N=C1\c2ccccc2-c2[nH]c(=O)c3nc(C(=O)O)cn3c21. The minimum atomic E-state index is -1.25. The number of hydrogen-bond acceptors (Lipinski definition) is 6. The summed E-state index contributed by atoms with van der Waals surface area (Å²) in [5.74, 6) is -2.18. The Labute approximate surface area is 156 Å². The number of carbonyl (C=O) groups is 2. The van der Waals surface area contributed by atoms with Gasteiger partial charge >= 0.3 is 11.9 Å². The molecule has 0 unspecified atom stereocenters.